The van der Waals surface area contributed by atoms with Gasteiger partial charge in [0.15, 0.2) is 6.61 Å². The van der Waals surface area contributed by atoms with E-state index in [1.165, 1.54) is 22.2 Å². The number of carbonyl (C=O) groups is 3. The lowest BCUT2D eigenvalue weighted by atomic mass is 9.99. The van der Waals surface area contributed by atoms with Crippen LogP contribution in [-0.2, 0) is 19.1 Å². The number of ether oxygens (including phenoxy) is 1. The topological polar surface area (TPSA) is 75.7 Å². The van der Waals surface area contributed by atoms with Crippen LogP contribution in [0.25, 0.3) is 0 Å². The Balaban J connectivity index is 1.50. The Hall–Kier alpha value is -2.80. The van der Waals surface area contributed by atoms with Crippen molar-refractivity contribution in [1.82, 2.24) is 0 Å². The maximum Gasteiger partial charge on any atom is 0.326 e. The van der Waals surface area contributed by atoms with Crippen LogP contribution in [0.5, 0.6) is 0 Å². The van der Waals surface area contributed by atoms with E-state index in [2.05, 4.69) is 19.2 Å². The molecule has 2 aromatic rings. The molecule has 7 heteroatoms. The van der Waals surface area contributed by atoms with Gasteiger partial charge in [-0.15, -0.1) is 11.8 Å². The van der Waals surface area contributed by atoms with Gasteiger partial charge >= 0.3 is 5.97 Å². The highest BCUT2D eigenvalue weighted by atomic mass is 32.2. The summed E-state index contributed by atoms with van der Waals surface area (Å²) in [6, 6.07) is 15.0. The molecular formula is C22H24N2O4S. The third-order valence-corrected chi connectivity index (χ3v) is 5.88. The van der Waals surface area contributed by atoms with E-state index in [1.54, 1.807) is 6.07 Å². The highest BCUT2D eigenvalue weighted by Crippen LogP contribution is 2.34. The van der Waals surface area contributed by atoms with Gasteiger partial charge in [0, 0.05) is 10.6 Å². The van der Waals surface area contributed by atoms with Crippen LogP contribution in [0.15, 0.2) is 53.4 Å². The molecule has 0 spiro atoms. The van der Waals surface area contributed by atoms with Gasteiger partial charge in [0.05, 0.1) is 11.4 Å². The summed E-state index contributed by atoms with van der Waals surface area (Å²) in [5, 5.41) is 2.71. The first kappa shape index (κ1) is 20.9. The molecule has 152 valence electrons. The lowest BCUT2D eigenvalue weighted by Gasteiger charge is -2.27. The van der Waals surface area contributed by atoms with Gasteiger partial charge in [0.2, 0.25) is 5.91 Å². The van der Waals surface area contributed by atoms with Crippen molar-refractivity contribution >= 4 is 40.9 Å². The van der Waals surface area contributed by atoms with Crippen molar-refractivity contribution in [3.05, 3.63) is 54.1 Å². The first-order chi connectivity index (χ1) is 14.0. The van der Waals surface area contributed by atoms with E-state index >= 15 is 0 Å². The molecule has 1 aliphatic rings. The van der Waals surface area contributed by atoms with Crippen molar-refractivity contribution in [1.29, 1.82) is 0 Å². The molecule has 0 saturated heterocycles. The van der Waals surface area contributed by atoms with Crippen LogP contribution >= 0.6 is 11.8 Å². The Morgan fingerprint density at radius 1 is 1.17 bits per heavy atom. The lowest BCUT2D eigenvalue weighted by molar-refractivity contribution is -0.146. The first-order valence-corrected chi connectivity index (χ1v) is 10.5. The van der Waals surface area contributed by atoms with Crippen LogP contribution in [0.3, 0.4) is 0 Å². The summed E-state index contributed by atoms with van der Waals surface area (Å²) in [7, 11) is 0. The molecule has 0 saturated carbocycles. The number of nitrogens with one attached hydrogen (secondary N) is 1. The molecule has 0 aliphatic carbocycles. The predicted octanol–water partition coefficient (Wildman–Crippen LogP) is 3.82. The van der Waals surface area contributed by atoms with Crippen molar-refractivity contribution in [2.75, 3.05) is 29.1 Å². The minimum Gasteiger partial charge on any atom is -0.454 e. The number of para-hydroxylation sites is 1. The number of amides is 2. The van der Waals surface area contributed by atoms with Crippen LogP contribution in [0.2, 0.25) is 0 Å². The lowest BCUT2D eigenvalue weighted by Crippen LogP contribution is -2.40. The Labute approximate surface area is 174 Å². The highest BCUT2D eigenvalue weighted by molar-refractivity contribution is 8.00. The van der Waals surface area contributed by atoms with Gasteiger partial charge in [0.1, 0.15) is 6.54 Å². The number of hydrogen-bond donors (Lipinski definition) is 1. The molecule has 1 aliphatic heterocycles. The second-order valence-corrected chi connectivity index (χ2v) is 7.89. The summed E-state index contributed by atoms with van der Waals surface area (Å²) in [4.78, 5) is 38.8. The molecule has 0 fully saturated rings. The third-order valence-electron chi connectivity index (χ3n) is 4.84. The van der Waals surface area contributed by atoms with Gasteiger partial charge in [-0.2, -0.15) is 0 Å². The fourth-order valence-electron chi connectivity index (χ4n) is 2.98. The average molecular weight is 413 g/mol. The van der Waals surface area contributed by atoms with E-state index in [-0.39, 0.29) is 18.2 Å². The molecule has 0 radical (unpaired) electrons. The molecule has 2 aromatic carbocycles. The summed E-state index contributed by atoms with van der Waals surface area (Å²) < 4.78 is 5.07. The molecule has 1 atom stereocenters. The minimum absolute atomic E-state index is 0.156. The Kier molecular flexibility index (Phi) is 6.93. The first-order valence-electron chi connectivity index (χ1n) is 9.55. The molecule has 2 amide bonds. The Morgan fingerprint density at radius 3 is 2.62 bits per heavy atom. The van der Waals surface area contributed by atoms with Gasteiger partial charge in [-0.1, -0.05) is 38.1 Å². The van der Waals surface area contributed by atoms with Gasteiger partial charge in [0.25, 0.3) is 5.91 Å². The molecule has 3 rings (SSSR count). The monoisotopic (exact) mass is 412 g/mol. The van der Waals surface area contributed by atoms with Gasteiger partial charge < -0.3 is 10.1 Å². The van der Waals surface area contributed by atoms with Gasteiger partial charge in [-0.25, -0.2) is 0 Å². The van der Waals surface area contributed by atoms with Crippen LogP contribution < -0.4 is 10.2 Å². The highest BCUT2D eigenvalue weighted by Gasteiger charge is 2.26. The zero-order valence-corrected chi connectivity index (χ0v) is 17.3. The number of benzene rings is 2. The molecular weight excluding hydrogens is 388 g/mol. The van der Waals surface area contributed by atoms with E-state index in [9.17, 15) is 14.4 Å². The number of rotatable bonds is 7. The zero-order valence-electron chi connectivity index (χ0n) is 16.5. The normalized spacial score (nSPS) is 14.1. The molecule has 6 nitrogen and oxygen atoms in total. The molecule has 0 bridgehead atoms. The van der Waals surface area contributed by atoms with Crippen molar-refractivity contribution in [2.45, 2.75) is 31.1 Å². The number of esters is 1. The smallest absolute Gasteiger partial charge is 0.326 e. The average Bonchev–Trinajstić information content (AvgIpc) is 2.74. The summed E-state index contributed by atoms with van der Waals surface area (Å²) in [5.74, 6) is -0.464. The number of anilines is 2. The maximum absolute atomic E-state index is 12.2. The Morgan fingerprint density at radius 2 is 1.90 bits per heavy atom. The molecule has 0 unspecified atom stereocenters. The number of nitrogens with zero attached hydrogens (tertiary/aromatic N) is 1. The number of hydrogen-bond acceptors (Lipinski definition) is 5. The summed E-state index contributed by atoms with van der Waals surface area (Å²) in [5.41, 5.74) is 2.55. The zero-order chi connectivity index (χ0) is 20.8. The standard InChI is InChI=1S/C22H24N2O4S/c1-3-15(2)16-8-10-17(11-9-16)23-20(25)13-28-22(27)12-24-18-6-4-5-7-19(18)29-14-21(24)26/h4-11,15H,3,12-14H2,1-2H3,(H,23,25)/t15-/m0/s1. The Bertz CT molecular complexity index is 898. The predicted molar refractivity (Wildman–Crippen MR) is 114 cm³/mol. The summed E-state index contributed by atoms with van der Waals surface area (Å²) >= 11 is 1.44. The van der Waals surface area contributed by atoms with E-state index in [0.29, 0.717) is 17.3 Å². The summed E-state index contributed by atoms with van der Waals surface area (Å²) in [6.45, 7) is 3.67. The van der Waals surface area contributed by atoms with Crippen LogP contribution in [0, 0.1) is 0 Å². The summed E-state index contributed by atoms with van der Waals surface area (Å²) in [6.07, 6.45) is 1.05. The van der Waals surface area contributed by atoms with Crippen molar-refractivity contribution < 1.29 is 19.1 Å². The third kappa shape index (κ3) is 5.38. The quantitative estimate of drug-likeness (QED) is 0.700. The van der Waals surface area contributed by atoms with E-state index in [4.69, 9.17) is 4.74 Å². The van der Waals surface area contributed by atoms with E-state index < -0.39 is 18.5 Å². The van der Waals surface area contributed by atoms with Gasteiger partial charge in [-0.05, 0) is 42.2 Å². The molecule has 1 N–H and O–H groups in total. The number of carbonyl (C=O) groups excluding carboxylic acids is 3. The van der Waals surface area contributed by atoms with Crippen LogP contribution in [-0.4, -0.2) is 36.7 Å². The van der Waals surface area contributed by atoms with Crippen LogP contribution in [0.1, 0.15) is 31.7 Å². The van der Waals surface area contributed by atoms with E-state index in [1.807, 2.05) is 42.5 Å². The number of fused-ring (bicyclic) bond motifs is 1. The number of thioether (sulfide) groups is 1. The van der Waals surface area contributed by atoms with Crippen molar-refractivity contribution in [3.63, 3.8) is 0 Å². The minimum atomic E-state index is -0.623. The van der Waals surface area contributed by atoms with Gasteiger partial charge in [-0.3, -0.25) is 19.3 Å². The van der Waals surface area contributed by atoms with Crippen molar-refractivity contribution in [3.8, 4) is 0 Å². The molecule has 29 heavy (non-hydrogen) atoms. The fourth-order valence-corrected chi connectivity index (χ4v) is 3.91. The SMILES string of the molecule is CC[C@H](C)c1ccc(NC(=O)COC(=O)CN2C(=O)CSc3ccccc32)cc1. The largest absolute Gasteiger partial charge is 0.454 e. The maximum atomic E-state index is 12.2. The molecule has 1 heterocycles. The van der Waals surface area contributed by atoms with Crippen molar-refractivity contribution in [2.24, 2.45) is 0 Å². The second-order valence-electron chi connectivity index (χ2n) is 6.88. The van der Waals surface area contributed by atoms with E-state index in [0.717, 1.165) is 11.3 Å². The van der Waals surface area contributed by atoms with Crippen LogP contribution in [0.4, 0.5) is 11.4 Å². The fraction of sp³-hybridized carbons (Fsp3) is 0.318. The second kappa shape index (κ2) is 9.60. The molecule has 0 aromatic heterocycles.